The first kappa shape index (κ1) is 19.4. The van der Waals surface area contributed by atoms with Crippen LogP contribution in [0.4, 0.5) is 5.69 Å². The number of carbonyl (C=O) groups is 1. The number of ether oxygens (including phenoxy) is 1. The summed E-state index contributed by atoms with van der Waals surface area (Å²) in [6, 6.07) is 15.6. The zero-order valence-electron chi connectivity index (χ0n) is 16.1. The van der Waals surface area contributed by atoms with Crippen LogP contribution in [0, 0.1) is 6.92 Å². The molecule has 144 valence electrons. The Balaban J connectivity index is 2.21. The Kier molecular flexibility index (Phi) is 6.22. The highest BCUT2D eigenvalue weighted by Gasteiger charge is 2.13. The highest BCUT2D eigenvalue weighted by atomic mass is 16.5. The number of unbranched alkanes of at least 4 members (excludes halogenated alkanes) is 1. The van der Waals surface area contributed by atoms with Gasteiger partial charge in [0.15, 0.2) is 5.96 Å². The lowest BCUT2D eigenvalue weighted by molar-refractivity contribution is -0.108. The van der Waals surface area contributed by atoms with E-state index in [4.69, 9.17) is 15.5 Å². The average molecular weight is 376 g/mol. The standard InChI is InChI=1S/C22H24N4O2/c1-3-4-12-28-20-11-7-10-17-19(26-22(23)24-14-27)13-18(25-21(17)20)16-9-6-5-8-15(16)2/h5-11,13-14H,3-4,12H2,1-2H3,(H3,23,24,25,26,27). The lowest BCUT2D eigenvalue weighted by Crippen LogP contribution is -2.29. The minimum atomic E-state index is 0.0236. The first-order valence-corrected chi connectivity index (χ1v) is 9.31. The van der Waals surface area contributed by atoms with Gasteiger partial charge >= 0.3 is 0 Å². The molecule has 0 atom stereocenters. The van der Waals surface area contributed by atoms with Crippen LogP contribution in [0.15, 0.2) is 53.5 Å². The fourth-order valence-electron chi connectivity index (χ4n) is 2.96. The molecule has 6 heteroatoms. The summed E-state index contributed by atoms with van der Waals surface area (Å²) < 4.78 is 5.97. The summed E-state index contributed by atoms with van der Waals surface area (Å²) in [5, 5.41) is 3.19. The van der Waals surface area contributed by atoms with Crippen molar-refractivity contribution >= 4 is 29.0 Å². The van der Waals surface area contributed by atoms with Crippen molar-refractivity contribution in [2.75, 3.05) is 6.61 Å². The molecule has 0 radical (unpaired) electrons. The predicted octanol–water partition coefficient (Wildman–Crippen LogP) is 4.08. The van der Waals surface area contributed by atoms with Gasteiger partial charge in [0.25, 0.3) is 0 Å². The quantitative estimate of drug-likeness (QED) is 0.281. The number of nitrogens with two attached hydrogens (primary N) is 1. The van der Waals surface area contributed by atoms with E-state index in [1.807, 2.05) is 55.5 Å². The Morgan fingerprint density at radius 1 is 1.25 bits per heavy atom. The first-order chi connectivity index (χ1) is 13.6. The molecule has 1 amide bonds. The van der Waals surface area contributed by atoms with Crippen LogP contribution in [0.2, 0.25) is 0 Å². The zero-order chi connectivity index (χ0) is 19.9. The van der Waals surface area contributed by atoms with E-state index in [1.165, 1.54) is 0 Å². The van der Waals surface area contributed by atoms with Crippen molar-refractivity contribution in [3.63, 3.8) is 0 Å². The molecule has 0 spiro atoms. The third-order valence-corrected chi connectivity index (χ3v) is 4.40. The molecule has 0 aliphatic carbocycles. The van der Waals surface area contributed by atoms with E-state index < -0.39 is 0 Å². The van der Waals surface area contributed by atoms with E-state index in [-0.39, 0.29) is 5.96 Å². The van der Waals surface area contributed by atoms with Gasteiger partial charge in [-0.2, -0.15) is 0 Å². The summed E-state index contributed by atoms with van der Waals surface area (Å²) >= 11 is 0. The smallest absolute Gasteiger partial charge is 0.213 e. The van der Waals surface area contributed by atoms with Crippen molar-refractivity contribution in [1.82, 2.24) is 10.3 Å². The highest BCUT2D eigenvalue weighted by molar-refractivity contribution is 5.99. The molecule has 0 saturated heterocycles. The van der Waals surface area contributed by atoms with Crippen molar-refractivity contribution in [2.45, 2.75) is 26.7 Å². The van der Waals surface area contributed by atoms with Gasteiger partial charge in [0.2, 0.25) is 6.41 Å². The monoisotopic (exact) mass is 376 g/mol. The number of aliphatic imine (C=N–C) groups is 1. The molecule has 3 rings (SSSR count). The maximum atomic E-state index is 10.7. The van der Waals surface area contributed by atoms with Crippen LogP contribution >= 0.6 is 0 Å². The van der Waals surface area contributed by atoms with Gasteiger partial charge in [-0.05, 0) is 31.0 Å². The number of aryl methyl sites for hydroxylation is 1. The average Bonchev–Trinajstić information content (AvgIpc) is 2.69. The summed E-state index contributed by atoms with van der Waals surface area (Å²) in [4.78, 5) is 20.0. The van der Waals surface area contributed by atoms with Gasteiger partial charge in [0.05, 0.1) is 18.0 Å². The number of nitrogens with one attached hydrogen (secondary N) is 1. The number of rotatable bonds is 7. The summed E-state index contributed by atoms with van der Waals surface area (Å²) in [6.45, 7) is 4.78. The number of carbonyl (C=O) groups excluding carboxylic acids is 1. The Bertz CT molecular complexity index is 1010. The lowest BCUT2D eigenvalue weighted by atomic mass is 10.0. The van der Waals surface area contributed by atoms with Crippen LogP contribution in [0.3, 0.4) is 0 Å². The summed E-state index contributed by atoms with van der Waals surface area (Å²) in [5.41, 5.74) is 10.0. The van der Waals surface area contributed by atoms with Crippen molar-refractivity contribution < 1.29 is 9.53 Å². The van der Waals surface area contributed by atoms with Gasteiger partial charge in [-0.15, -0.1) is 0 Å². The molecule has 3 N–H and O–H groups in total. The van der Waals surface area contributed by atoms with Crippen molar-refractivity contribution in [2.24, 2.45) is 10.7 Å². The maximum Gasteiger partial charge on any atom is 0.213 e. The van der Waals surface area contributed by atoms with Gasteiger partial charge in [-0.25, -0.2) is 9.98 Å². The molecule has 0 aliphatic rings. The molecule has 6 nitrogen and oxygen atoms in total. The largest absolute Gasteiger partial charge is 0.491 e. The number of benzene rings is 2. The normalized spacial score (nSPS) is 11.4. The van der Waals surface area contributed by atoms with Gasteiger partial charge in [-0.3, -0.25) is 10.1 Å². The number of para-hydroxylation sites is 1. The third kappa shape index (κ3) is 4.28. The second-order valence-corrected chi connectivity index (χ2v) is 6.46. The van der Waals surface area contributed by atoms with Crippen molar-refractivity contribution in [3.8, 4) is 17.0 Å². The molecule has 3 aromatic rings. The Morgan fingerprint density at radius 3 is 2.82 bits per heavy atom. The summed E-state index contributed by atoms with van der Waals surface area (Å²) in [6.07, 6.45) is 2.52. The highest BCUT2D eigenvalue weighted by Crippen LogP contribution is 2.35. The predicted molar refractivity (Wildman–Crippen MR) is 113 cm³/mol. The molecule has 0 bridgehead atoms. The van der Waals surface area contributed by atoms with Crippen LogP contribution in [0.25, 0.3) is 22.2 Å². The van der Waals surface area contributed by atoms with Gasteiger partial charge in [-0.1, -0.05) is 49.7 Å². The molecule has 1 heterocycles. The van der Waals surface area contributed by atoms with Crippen molar-refractivity contribution in [1.29, 1.82) is 0 Å². The number of hydrogen-bond donors (Lipinski definition) is 2. The van der Waals surface area contributed by atoms with E-state index in [2.05, 4.69) is 17.2 Å². The first-order valence-electron chi connectivity index (χ1n) is 9.31. The number of pyridine rings is 1. The number of fused-ring (bicyclic) bond motifs is 1. The van der Waals surface area contributed by atoms with E-state index in [0.29, 0.717) is 24.5 Å². The zero-order valence-corrected chi connectivity index (χ0v) is 16.1. The Hall–Kier alpha value is -3.41. The fourth-order valence-corrected chi connectivity index (χ4v) is 2.96. The number of guanidine groups is 1. The summed E-state index contributed by atoms with van der Waals surface area (Å²) in [5.74, 6) is 0.732. The number of aromatic nitrogens is 1. The van der Waals surface area contributed by atoms with Crippen LogP contribution in [0.1, 0.15) is 25.3 Å². The number of nitrogens with zero attached hydrogens (tertiary/aromatic N) is 2. The van der Waals surface area contributed by atoms with Crippen molar-refractivity contribution in [3.05, 3.63) is 54.1 Å². The van der Waals surface area contributed by atoms with E-state index in [9.17, 15) is 4.79 Å². The molecule has 0 fully saturated rings. The van der Waals surface area contributed by atoms with E-state index in [0.717, 1.165) is 40.6 Å². The minimum absolute atomic E-state index is 0.0236. The van der Waals surface area contributed by atoms with E-state index in [1.54, 1.807) is 0 Å². The van der Waals surface area contributed by atoms with Crippen LogP contribution in [-0.4, -0.2) is 24.0 Å². The third-order valence-electron chi connectivity index (χ3n) is 4.40. The van der Waals surface area contributed by atoms with Gasteiger partial charge < -0.3 is 10.5 Å². The lowest BCUT2D eigenvalue weighted by Gasteiger charge is -2.13. The molecular formula is C22H24N4O2. The van der Waals surface area contributed by atoms with Crippen LogP contribution in [0.5, 0.6) is 5.75 Å². The fraction of sp³-hybridized carbons (Fsp3) is 0.227. The molecule has 0 saturated carbocycles. The molecule has 0 unspecified atom stereocenters. The summed E-state index contributed by atoms with van der Waals surface area (Å²) in [7, 11) is 0. The van der Waals surface area contributed by atoms with Crippen LogP contribution in [-0.2, 0) is 4.79 Å². The number of hydrogen-bond acceptors (Lipinski definition) is 4. The molecule has 28 heavy (non-hydrogen) atoms. The SMILES string of the molecule is CCCCOc1cccc2c(N=C(N)NC=O)cc(-c3ccccc3C)nc12. The molecule has 2 aromatic carbocycles. The maximum absolute atomic E-state index is 10.7. The number of amides is 1. The van der Waals surface area contributed by atoms with Crippen LogP contribution < -0.4 is 15.8 Å². The molecule has 1 aromatic heterocycles. The van der Waals surface area contributed by atoms with Gasteiger partial charge in [0.1, 0.15) is 11.3 Å². The Labute approximate surface area is 164 Å². The minimum Gasteiger partial charge on any atom is -0.491 e. The van der Waals surface area contributed by atoms with E-state index >= 15 is 0 Å². The second kappa shape index (κ2) is 8.99. The van der Waals surface area contributed by atoms with Gasteiger partial charge in [0, 0.05) is 10.9 Å². The topological polar surface area (TPSA) is 89.6 Å². The molecular weight excluding hydrogens is 352 g/mol. The second-order valence-electron chi connectivity index (χ2n) is 6.46. The Morgan fingerprint density at radius 2 is 2.07 bits per heavy atom. The molecule has 0 aliphatic heterocycles.